The van der Waals surface area contributed by atoms with E-state index in [9.17, 15) is 0 Å². The number of rotatable bonds is 0. The van der Waals surface area contributed by atoms with Crippen molar-refractivity contribution in [1.82, 2.24) is 0 Å². The predicted molar refractivity (Wildman–Crippen MR) is 45.8 cm³/mol. The maximum absolute atomic E-state index is 2.33. The van der Waals surface area contributed by atoms with Crippen LogP contribution in [0.2, 0.25) is 0 Å². The van der Waals surface area contributed by atoms with E-state index in [0.717, 1.165) is 11.8 Å². The summed E-state index contributed by atoms with van der Waals surface area (Å²) in [5, 5.41) is 0. The first-order valence-electron chi connectivity index (χ1n) is 4.14. The van der Waals surface area contributed by atoms with E-state index in [4.69, 9.17) is 0 Å². The van der Waals surface area contributed by atoms with Crippen molar-refractivity contribution >= 4 is 0 Å². The zero-order valence-electron chi connectivity index (χ0n) is 6.88. The SMILES string of the molecule is CC1C=CCCC=CC1C. The maximum Gasteiger partial charge on any atom is -0.0202 e. The van der Waals surface area contributed by atoms with Gasteiger partial charge in [0.25, 0.3) is 0 Å². The lowest BCUT2D eigenvalue weighted by Crippen LogP contribution is -2.02. The molecule has 1 rings (SSSR count). The smallest absolute Gasteiger partial charge is 0.0202 e. The Morgan fingerprint density at radius 2 is 1.30 bits per heavy atom. The molecule has 1 aliphatic carbocycles. The standard InChI is InChI=1S/C10H16/c1-9-7-5-3-4-6-8-10(9)2/h5-10H,3-4H2,1-2H3. The topological polar surface area (TPSA) is 0 Å². The van der Waals surface area contributed by atoms with E-state index in [-0.39, 0.29) is 0 Å². The van der Waals surface area contributed by atoms with Crippen LogP contribution in [0.4, 0.5) is 0 Å². The van der Waals surface area contributed by atoms with Crippen molar-refractivity contribution in [2.24, 2.45) is 11.8 Å². The molecule has 0 radical (unpaired) electrons. The van der Waals surface area contributed by atoms with Gasteiger partial charge in [0, 0.05) is 0 Å². The van der Waals surface area contributed by atoms with E-state index >= 15 is 0 Å². The van der Waals surface area contributed by atoms with Gasteiger partial charge < -0.3 is 0 Å². The van der Waals surface area contributed by atoms with E-state index in [1.807, 2.05) is 0 Å². The zero-order chi connectivity index (χ0) is 7.40. The molecule has 0 aromatic heterocycles. The second-order valence-corrected chi connectivity index (χ2v) is 3.15. The average molecular weight is 136 g/mol. The minimum Gasteiger partial charge on any atom is -0.0879 e. The molecule has 0 heterocycles. The highest BCUT2D eigenvalue weighted by molar-refractivity contribution is 5.00. The highest BCUT2D eigenvalue weighted by atomic mass is 14.1. The third kappa shape index (κ3) is 2.02. The van der Waals surface area contributed by atoms with E-state index in [2.05, 4.69) is 38.2 Å². The summed E-state index contributed by atoms with van der Waals surface area (Å²) in [6.45, 7) is 4.55. The molecule has 0 saturated carbocycles. The molecule has 0 nitrogen and oxygen atoms in total. The van der Waals surface area contributed by atoms with E-state index in [0.29, 0.717) is 0 Å². The van der Waals surface area contributed by atoms with Gasteiger partial charge in [0.05, 0.1) is 0 Å². The summed E-state index contributed by atoms with van der Waals surface area (Å²) >= 11 is 0. The molecule has 0 aromatic rings. The van der Waals surface area contributed by atoms with Gasteiger partial charge in [0.15, 0.2) is 0 Å². The third-order valence-electron chi connectivity index (χ3n) is 2.21. The van der Waals surface area contributed by atoms with Gasteiger partial charge >= 0.3 is 0 Å². The van der Waals surface area contributed by atoms with Gasteiger partial charge in [-0.15, -0.1) is 0 Å². The van der Waals surface area contributed by atoms with Crippen LogP contribution in [-0.2, 0) is 0 Å². The van der Waals surface area contributed by atoms with Crippen molar-refractivity contribution in [2.75, 3.05) is 0 Å². The molecule has 0 amide bonds. The van der Waals surface area contributed by atoms with Crippen molar-refractivity contribution in [2.45, 2.75) is 26.7 Å². The Bertz CT molecular complexity index is 124. The minimum atomic E-state index is 0.719. The fraction of sp³-hybridized carbons (Fsp3) is 0.600. The molecular weight excluding hydrogens is 120 g/mol. The Balaban J connectivity index is 2.55. The number of hydrogen-bond acceptors (Lipinski definition) is 0. The van der Waals surface area contributed by atoms with Gasteiger partial charge in [-0.2, -0.15) is 0 Å². The van der Waals surface area contributed by atoms with Crippen LogP contribution in [0.5, 0.6) is 0 Å². The van der Waals surface area contributed by atoms with Gasteiger partial charge in [-0.1, -0.05) is 38.2 Å². The first-order valence-corrected chi connectivity index (χ1v) is 4.14. The highest BCUT2D eigenvalue weighted by Gasteiger charge is 2.05. The lowest BCUT2D eigenvalue weighted by atomic mass is 9.93. The molecule has 0 aliphatic heterocycles. The third-order valence-corrected chi connectivity index (χ3v) is 2.21. The molecule has 56 valence electrons. The summed E-state index contributed by atoms with van der Waals surface area (Å²) in [5.74, 6) is 1.44. The fourth-order valence-corrected chi connectivity index (χ4v) is 1.16. The van der Waals surface area contributed by atoms with Crippen molar-refractivity contribution < 1.29 is 0 Å². The first kappa shape index (κ1) is 7.59. The summed E-state index contributed by atoms with van der Waals surface area (Å²) in [7, 11) is 0. The van der Waals surface area contributed by atoms with Gasteiger partial charge in [-0.3, -0.25) is 0 Å². The second-order valence-electron chi connectivity index (χ2n) is 3.15. The highest BCUT2D eigenvalue weighted by Crippen LogP contribution is 2.16. The monoisotopic (exact) mass is 136 g/mol. The van der Waals surface area contributed by atoms with Crippen LogP contribution in [0.25, 0.3) is 0 Å². The second kappa shape index (κ2) is 3.60. The van der Waals surface area contributed by atoms with Crippen molar-refractivity contribution in [3.05, 3.63) is 24.3 Å². The van der Waals surface area contributed by atoms with Crippen molar-refractivity contribution in [3.8, 4) is 0 Å². The van der Waals surface area contributed by atoms with Gasteiger partial charge in [0.1, 0.15) is 0 Å². The Morgan fingerprint density at radius 3 is 1.70 bits per heavy atom. The van der Waals surface area contributed by atoms with E-state index in [1.54, 1.807) is 0 Å². The molecule has 0 saturated heterocycles. The van der Waals surface area contributed by atoms with Gasteiger partial charge in [-0.25, -0.2) is 0 Å². The molecule has 0 N–H and O–H groups in total. The Morgan fingerprint density at radius 1 is 0.900 bits per heavy atom. The summed E-state index contributed by atoms with van der Waals surface area (Å²) in [5.41, 5.74) is 0. The molecule has 0 spiro atoms. The van der Waals surface area contributed by atoms with Crippen LogP contribution < -0.4 is 0 Å². The molecular formula is C10H16. The molecule has 0 aromatic carbocycles. The van der Waals surface area contributed by atoms with Crippen molar-refractivity contribution in [3.63, 3.8) is 0 Å². The van der Waals surface area contributed by atoms with Crippen LogP contribution >= 0.6 is 0 Å². The van der Waals surface area contributed by atoms with E-state index < -0.39 is 0 Å². The summed E-state index contributed by atoms with van der Waals surface area (Å²) in [6, 6.07) is 0. The fourth-order valence-electron chi connectivity index (χ4n) is 1.16. The Labute approximate surface area is 63.6 Å². The van der Waals surface area contributed by atoms with E-state index in [1.165, 1.54) is 12.8 Å². The summed E-state index contributed by atoms with van der Waals surface area (Å²) in [6.07, 6.45) is 11.7. The first-order chi connectivity index (χ1) is 4.80. The van der Waals surface area contributed by atoms with Crippen LogP contribution in [0.1, 0.15) is 26.7 Å². The predicted octanol–water partition coefficient (Wildman–Crippen LogP) is 3.16. The molecule has 10 heavy (non-hydrogen) atoms. The van der Waals surface area contributed by atoms with Crippen LogP contribution in [0.15, 0.2) is 24.3 Å². The minimum absolute atomic E-state index is 0.719. The Hall–Kier alpha value is -0.520. The van der Waals surface area contributed by atoms with Gasteiger partial charge in [0.2, 0.25) is 0 Å². The summed E-state index contributed by atoms with van der Waals surface area (Å²) in [4.78, 5) is 0. The average Bonchev–Trinajstić information content (AvgIpc) is 1.92. The molecule has 2 unspecified atom stereocenters. The maximum atomic E-state index is 2.33. The quantitative estimate of drug-likeness (QED) is 0.449. The van der Waals surface area contributed by atoms with Crippen molar-refractivity contribution in [1.29, 1.82) is 0 Å². The Kier molecular flexibility index (Phi) is 2.73. The summed E-state index contributed by atoms with van der Waals surface area (Å²) < 4.78 is 0. The van der Waals surface area contributed by atoms with Gasteiger partial charge in [-0.05, 0) is 24.7 Å². The molecule has 0 fully saturated rings. The number of hydrogen-bond donors (Lipinski definition) is 0. The van der Waals surface area contributed by atoms with Crippen LogP contribution in [-0.4, -0.2) is 0 Å². The lowest BCUT2D eigenvalue weighted by Gasteiger charge is -2.13. The molecule has 2 atom stereocenters. The number of allylic oxidation sites excluding steroid dienone is 4. The van der Waals surface area contributed by atoms with Crippen LogP contribution in [0.3, 0.4) is 0 Å². The van der Waals surface area contributed by atoms with Crippen LogP contribution in [0, 0.1) is 11.8 Å². The lowest BCUT2D eigenvalue weighted by molar-refractivity contribution is 0.552. The molecule has 0 heteroatoms. The molecule has 1 aliphatic rings. The zero-order valence-corrected chi connectivity index (χ0v) is 6.88. The largest absolute Gasteiger partial charge is 0.0879 e. The normalized spacial score (nSPS) is 33.4. The molecule has 0 bridgehead atoms.